The van der Waals surface area contributed by atoms with Gasteiger partial charge < -0.3 is 16.0 Å². The zero-order chi connectivity index (χ0) is 22.5. The topological polar surface area (TPSA) is 70.7 Å². The van der Waals surface area contributed by atoms with Crippen LogP contribution < -0.4 is 11.1 Å². The van der Waals surface area contributed by atoms with Crippen LogP contribution in [-0.4, -0.2) is 31.2 Å². The standard InChI is InChI=1S/C20H20N4OS.2C2H6/c1-24(2)13-22-17-12-18(14-6-4-3-5-7-14)26-19(17)20(25)23-16-10-8-15(21)9-11-16;2*1-2/h3-13H,21H2,1-2H3,(H,23,25);2*1-2H3. The Bertz CT molecular complexity index is 916. The van der Waals surface area contributed by atoms with Gasteiger partial charge in [0.05, 0.1) is 12.0 Å². The Hall–Kier alpha value is -3.12. The fourth-order valence-electron chi connectivity index (χ4n) is 2.32. The average molecular weight is 425 g/mol. The fourth-order valence-corrected chi connectivity index (χ4v) is 3.32. The Morgan fingerprint density at radius 1 is 1.00 bits per heavy atom. The van der Waals surface area contributed by atoms with Crippen LogP contribution in [0.15, 0.2) is 65.7 Å². The molecule has 1 amide bonds. The lowest BCUT2D eigenvalue weighted by molar-refractivity contribution is 0.103. The van der Waals surface area contributed by atoms with Gasteiger partial charge in [-0.25, -0.2) is 4.99 Å². The lowest BCUT2D eigenvalue weighted by Gasteiger charge is -2.05. The van der Waals surface area contributed by atoms with E-state index in [-0.39, 0.29) is 5.91 Å². The average Bonchev–Trinajstić information content (AvgIpc) is 3.22. The second kappa shape index (κ2) is 13.2. The molecule has 0 spiro atoms. The summed E-state index contributed by atoms with van der Waals surface area (Å²) in [5, 5.41) is 2.91. The molecule has 0 radical (unpaired) electrons. The summed E-state index contributed by atoms with van der Waals surface area (Å²) in [6, 6.07) is 19.0. The SMILES string of the molecule is CC.CC.CN(C)C=Nc1cc(-c2ccccc2)sc1C(=O)Nc1ccc(N)cc1. The number of rotatable bonds is 5. The van der Waals surface area contributed by atoms with Crippen LogP contribution in [0.2, 0.25) is 0 Å². The van der Waals surface area contributed by atoms with E-state index in [9.17, 15) is 4.79 Å². The molecule has 0 saturated heterocycles. The van der Waals surface area contributed by atoms with Gasteiger partial charge in [-0.15, -0.1) is 11.3 Å². The highest BCUT2D eigenvalue weighted by Gasteiger charge is 2.17. The molecule has 0 aliphatic rings. The highest BCUT2D eigenvalue weighted by Crippen LogP contribution is 2.36. The predicted octanol–water partition coefficient (Wildman–Crippen LogP) is 6.52. The van der Waals surface area contributed by atoms with Gasteiger partial charge >= 0.3 is 0 Å². The lowest BCUT2D eigenvalue weighted by Crippen LogP contribution is -2.11. The van der Waals surface area contributed by atoms with Gasteiger partial charge in [0.15, 0.2) is 0 Å². The van der Waals surface area contributed by atoms with Crippen LogP contribution in [-0.2, 0) is 0 Å². The van der Waals surface area contributed by atoms with Gasteiger partial charge in [0.1, 0.15) is 4.88 Å². The summed E-state index contributed by atoms with van der Waals surface area (Å²) in [5.41, 5.74) is 8.75. The third-order valence-corrected chi connectivity index (χ3v) is 4.75. The molecule has 3 N–H and O–H groups in total. The van der Waals surface area contributed by atoms with E-state index in [0.717, 1.165) is 10.4 Å². The monoisotopic (exact) mass is 424 g/mol. The Kier molecular flexibility index (Phi) is 10.9. The van der Waals surface area contributed by atoms with E-state index in [2.05, 4.69) is 10.3 Å². The number of hydrogen-bond donors (Lipinski definition) is 2. The molecule has 0 atom stereocenters. The van der Waals surface area contributed by atoms with Gasteiger partial charge in [0, 0.05) is 30.3 Å². The second-order valence-corrected chi connectivity index (χ2v) is 7.03. The Labute approximate surface area is 184 Å². The molecule has 2 aromatic carbocycles. The number of nitrogen functional groups attached to an aromatic ring is 1. The van der Waals surface area contributed by atoms with Crippen LogP contribution in [0.3, 0.4) is 0 Å². The maximum atomic E-state index is 12.8. The number of amides is 1. The van der Waals surface area contributed by atoms with Crippen molar-refractivity contribution < 1.29 is 4.79 Å². The van der Waals surface area contributed by atoms with Gasteiger partial charge in [-0.05, 0) is 35.9 Å². The summed E-state index contributed by atoms with van der Waals surface area (Å²) in [7, 11) is 3.78. The van der Waals surface area contributed by atoms with Crippen molar-refractivity contribution >= 4 is 40.6 Å². The Balaban J connectivity index is 0.00000106. The summed E-state index contributed by atoms with van der Waals surface area (Å²) < 4.78 is 0. The minimum Gasteiger partial charge on any atom is -0.399 e. The van der Waals surface area contributed by atoms with Gasteiger partial charge in [-0.3, -0.25) is 4.79 Å². The number of aliphatic imine (C=N–C) groups is 1. The molecule has 0 aliphatic carbocycles. The third kappa shape index (κ3) is 7.37. The summed E-state index contributed by atoms with van der Waals surface area (Å²) in [6.45, 7) is 8.00. The van der Waals surface area contributed by atoms with Crippen LogP contribution in [0.4, 0.5) is 17.1 Å². The maximum Gasteiger partial charge on any atom is 0.267 e. The number of nitrogens with one attached hydrogen (secondary N) is 1. The molecule has 6 heteroatoms. The summed E-state index contributed by atoms with van der Waals surface area (Å²) in [6.07, 6.45) is 1.69. The van der Waals surface area contributed by atoms with Crippen molar-refractivity contribution in [2.45, 2.75) is 27.7 Å². The van der Waals surface area contributed by atoms with E-state index in [4.69, 9.17) is 5.73 Å². The number of benzene rings is 2. The zero-order valence-electron chi connectivity index (χ0n) is 18.6. The highest BCUT2D eigenvalue weighted by molar-refractivity contribution is 7.18. The van der Waals surface area contributed by atoms with Crippen LogP contribution >= 0.6 is 11.3 Å². The molecule has 0 fully saturated rings. The van der Waals surface area contributed by atoms with Crippen molar-refractivity contribution in [2.24, 2.45) is 4.99 Å². The predicted molar refractivity (Wildman–Crippen MR) is 133 cm³/mol. The lowest BCUT2D eigenvalue weighted by atomic mass is 10.2. The van der Waals surface area contributed by atoms with E-state index >= 15 is 0 Å². The number of carbonyl (C=O) groups excluding carboxylic acids is 1. The van der Waals surface area contributed by atoms with Crippen molar-refractivity contribution in [1.29, 1.82) is 0 Å². The van der Waals surface area contributed by atoms with Gasteiger partial charge in [0.25, 0.3) is 5.91 Å². The van der Waals surface area contributed by atoms with E-state index in [1.807, 2.05) is 83.1 Å². The molecule has 1 heterocycles. The number of hydrogen-bond acceptors (Lipinski definition) is 4. The molecule has 30 heavy (non-hydrogen) atoms. The third-order valence-electron chi connectivity index (χ3n) is 3.57. The quantitative estimate of drug-likeness (QED) is 0.278. The van der Waals surface area contributed by atoms with Crippen LogP contribution in [0.5, 0.6) is 0 Å². The largest absolute Gasteiger partial charge is 0.399 e. The fraction of sp³-hybridized carbons (Fsp3) is 0.250. The summed E-state index contributed by atoms with van der Waals surface area (Å²) >= 11 is 1.43. The van der Waals surface area contributed by atoms with Crippen molar-refractivity contribution in [3.05, 3.63) is 65.5 Å². The van der Waals surface area contributed by atoms with Gasteiger partial charge in [0.2, 0.25) is 0 Å². The molecule has 3 aromatic rings. The molecule has 5 nitrogen and oxygen atoms in total. The van der Waals surface area contributed by atoms with E-state index in [0.29, 0.717) is 21.9 Å². The van der Waals surface area contributed by atoms with Crippen molar-refractivity contribution in [1.82, 2.24) is 4.90 Å². The van der Waals surface area contributed by atoms with Crippen LogP contribution in [0.25, 0.3) is 10.4 Å². The van der Waals surface area contributed by atoms with Crippen LogP contribution in [0, 0.1) is 0 Å². The van der Waals surface area contributed by atoms with Crippen LogP contribution in [0.1, 0.15) is 37.4 Å². The molecule has 1 aromatic heterocycles. The van der Waals surface area contributed by atoms with Crippen molar-refractivity contribution in [3.8, 4) is 10.4 Å². The second-order valence-electron chi connectivity index (χ2n) is 5.98. The first-order valence-electron chi connectivity index (χ1n) is 10.1. The Morgan fingerprint density at radius 2 is 1.60 bits per heavy atom. The Morgan fingerprint density at radius 3 is 2.17 bits per heavy atom. The molecule has 3 rings (SSSR count). The molecular formula is C24H32N4OS. The molecular weight excluding hydrogens is 392 g/mol. The first-order chi connectivity index (χ1) is 14.5. The molecule has 0 saturated carbocycles. The number of nitrogens with zero attached hydrogens (tertiary/aromatic N) is 2. The number of nitrogens with two attached hydrogens (primary N) is 1. The van der Waals surface area contributed by atoms with Gasteiger partial charge in [-0.2, -0.15) is 0 Å². The number of thiophene rings is 1. The molecule has 0 aliphatic heterocycles. The summed E-state index contributed by atoms with van der Waals surface area (Å²) in [5.74, 6) is -0.187. The molecule has 160 valence electrons. The zero-order valence-corrected chi connectivity index (χ0v) is 19.5. The highest BCUT2D eigenvalue weighted by atomic mass is 32.1. The van der Waals surface area contributed by atoms with E-state index in [1.165, 1.54) is 11.3 Å². The minimum atomic E-state index is -0.187. The summed E-state index contributed by atoms with van der Waals surface area (Å²) in [4.78, 5) is 20.7. The number of carbonyl (C=O) groups is 1. The first kappa shape index (κ1) is 24.9. The smallest absolute Gasteiger partial charge is 0.267 e. The van der Waals surface area contributed by atoms with Crippen molar-refractivity contribution in [3.63, 3.8) is 0 Å². The maximum absolute atomic E-state index is 12.8. The normalized spacial score (nSPS) is 9.80. The molecule has 0 bridgehead atoms. The minimum absolute atomic E-state index is 0.187. The van der Waals surface area contributed by atoms with E-state index < -0.39 is 0 Å². The number of anilines is 2. The first-order valence-corrected chi connectivity index (χ1v) is 10.9. The molecule has 0 unspecified atom stereocenters. The van der Waals surface area contributed by atoms with Gasteiger partial charge in [-0.1, -0.05) is 58.0 Å². The van der Waals surface area contributed by atoms with Crippen molar-refractivity contribution in [2.75, 3.05) is 25.1 Å². The van der Waals surface area contributed by atoms with E-state index in [1.54, 1.807) is 30.6 Å².